The maximum absolute atomic E-state index is 13.0. The Morgan fingerprint density at radius 2 is 1.69 bits per heavy atom. The standard InChI is InChI=1S/C20H15F3N2O3S/c21-20(22,23)14-8-4-5-9-15(14)24-17(26)10-11-25-18(27)16(29-19(25)28)12-13-6-2-1-3-7-13/h1-9,12H,10-11H2,(H,24,26)/b16-12-. The summed E-state index contributed by atoms with van der Waals surface area (Å²) < 4.78 is 39.0. The second kappa shape index (κ2) is 8.52. The summed E-state index contributed by atoms with van der Waals surface area (Å²) in [5.74, 6) is -1.26. The van der Waals surface area contributed by atoms with Crippen LogP contribution in [-0.2, 0) is 15.8 Å². The molecule has 1 saturated heterocycles. The minimum atomic E-state index is -4.61. The van der Waals surface area contributed by atoms with Crippen LogP contribution in [0.3, 0.4) is 0 Å². The molecule has 0 aliphatic carbocycles. The second-order valence-electron chi connectivity index (χ2n) is 6.09. The van der Waals surface area contributed by atoms with E-state index in [0.717, 1.165) is 34.4 Å². The summed E-state index contributed by atoms with van der Waals surface area (Å²) in [7, 11) is 0. The lowest BCUT2D eigenvalue weighted by molar-refractivity contribution is -0.137. The molecule has 0 bridgehead atoms. The maximum atomic E-state index is 13.0. The highest BCUT2D eigenvalue weighted by atomic mass is 32.2. The van der Waals surface area contributed by atoms with E-state index in [-0.39, 0.29) is 23.6 Å². The van der Waals surface area contributed by atoms with Crippen LogP contribution in [-0.4, -0.2) is 28.5 Å². The maximum Gasteiger partial charge on any atom is 0.418 e. The first-order valence-corrected chi connectivity index (χ1v) is 9.34. The average molecular weight is 420 g/mol. The number of amides is 3. The summed E-state index contributed by atoms with van der Waals surface area (Å²) in [6.45, 7) is -0.225. The number of nitrogens with zero attached hydrogens (tertiary/aromatic N) is 1. The number of nitrogens with one attached hydrogen (secondary N) is 1. The first-order chi connectivity index (χ1) is 13.8. The van der Waals surface area contributed by atoms with Crippen molar-refractivity contribution in [3.63, 3.8) is 0 Å². The second-order valence-corrected chi connectivity index (χ2v) is 7.08. The highest BCUT2D eigenvalue weighted by molar-refractivity contribution is 8.18. The van der Waals surface area contributed by atoms with Gasteiger partial charge in [0.15, 0.2) is 0 Å². The topological polar surface area (TPSA) is 66.5 Å². The molecule has 0 saturated carbocycles. The van der Waals surface area contributed by atoms with Crippen molar-refractivity contribution in [1.29, 1.82) is 0 Å². The number of carbonyl (C=O) groups is 3. The number of hydrogen-bond donors (Lipinski definition) is 1. The number of anilines is 1. The van der Waals surface area contributed by atoms with Gasteiger partial charge in [-0.15, -0.1) is 0 Å². The Hall–Kier alpha value is -3.07. The Morgan fingerprint density at radius 1 is 1.03 bits per heavy atom. The van der Waals surface area contributed by atoms with E-state index < -0.39 is 28.8 Å². The molecule has 1 fully saturated rings. The number of carbonyl (C=O) groups excluding carboxylic acids is 3. The molecule has 3 rings (SSSR count). The van der Waals surface area contributed by atoms with Crippen molar-refractivity contribution >= 4 is 40.6 Å². The van der Waals surface area contributed by atoms with Gasteiger partial charge in [0.2, 0.25) is 5.91 Å². The number of para-hydroxylation sites is 1. The van der Waals surface area contributed by atoms with Crippen molar-refractivity contribution in [2.75, 3.05) is 11.9 Å². The molecule has 1 aliphatic rings. The molecule has 29 heavy (non-hydrogen) atoms. The van der Waals surface area contributed by atoms with Crippen molar-refractivity contribution in [2.24, 2.45) is 0 Å². The Balaban J connectivity index is 1.63. The quantitative estimate of drug-likeness (QED) is 0.708. The number of hydrogen-bond acceptors (Lipinski definition) is 4. The highest BCUT2D eigenvalue weighted by Gasteiger charge is 2.36. The van der Waals surface area contributed by atoms with Crippen molar-refractivity contribution in [3.05, 3.63) is 70.6 Å². The lowest BCUT2D eigenvalue weighted by Gasteiger charge is -2.15. The first-order valence-electron chi connectivity index (χ1n) is 8.52. The molecule has 9 heteroatoms. The van der Waals surface area contributed by atoms with Gasteiger partial charge >= 0.3 is 6.18 Å². The van der Waals surface area contributed by atoms with Gasteiger partial charge in [0.1, 0.15) is 0 Å². The fourth-order valence-electron chi connectivity index (χ4n) is 2.66. The van der Waals surface area contributed by atoms with Crippen LogP contribution < -0.4 is 5.32 Å². The minimum Gasteiger partial charge on any atom is -0.325 e. The predicted octanol–water partition coefficient (Wildman–Crippen LogP) is 4.77. The van der Waals surface area contributed by atoms with Gasteiger partial charge in [0, 0.05) is 13.0 Å². The average Bonchev–Trinajstić information content (AvgIpc) is 2.93. The van der Waals surface area contributed by atoms with Crippen LogP contribution >= 0.6 is 11.8 Å². The van der Waals surface area contributed by atoms with Crippen LogP contribution in [0.4, 0.5) is 23.7 Å². The molecule has 0 radical (unpaired) electrons. The molecule has 0 spiro atoms. The Bertz CT molecular complexity index is 974. The van der Waals surface area contributed by atoms with Crippen LogP contribution in [0.1, 0.15) is 17.5 Å². The summed E-state index contributed by atoms with van der Waals surface area (Å²) in [5, 5.41) is 1.66. The normalized spacial score (nSPS) is 15.8. The monoisotopic (exact) mass is 420 g/mol. The summed E-state index contributed by atoms with van der Waals surface area (Å²) in [6.07, 6.45) is -3.36. The third kappa shape index (κ3) is 5.05. The summed E-state index contributed by atoms with van der Waals surface area (Å²) in [4.78, 5) is 37.7. The van der Waals surface area contributed by atoms with Crippen LogP contribution in [0.5, 0.6) is 0 Å². The fraction of sp³-hybridized carbons (Fsp3) is 0.150. The van der Waals surface area contributed by atoms with Gasteiger partial charge in [0.05, 0.1) is 16.2 Å². The zero-order chi connectivity index (χ0) is 21.0. The van der Waals surface area contributed by atoms with Crippen molar-refractivity contribution < 1.29 is 27.6 Å². The molecular formula is C20H15F3N2O3S. The minimum absolute atomic E-state index is 0.225. The number of halogens is 3. The zero-order valence-corrected chi connectivity index (χ0v) is 15.7. The molecule has 2 aromatic rings. The molecule has 0 atom stereocenters. The molecule has 5 nitrogen and oxygen atoms in total. The smallest absolute Gasteiger partial charge is 0.325 e. The number of imide groups is 1. The summed E-state index contributed by atoms with van der Waals surface area (Å²) in [5.41, 5.74) is -0.590. The van der Waals surface area contributed by atoms with E-state index in [0.29, 0.717) is 0 Å². The molecule has 3 amide bonds. The van der Waals surface area contributed by atoms with E-state index in [4.69, 9.17) is 0 Å². The molecule has 1 N–H and O–H groups in total. The summed E-state index contributed by atoms with van der Waals surface area (Å²) >= 11 is 0.756. The lowest BCUT2D eigenvalue weighted by Crippen LogP contribution is -2.31. The van der Waals surface area contributed by atoms with Crippen LogP contribution in [0.2, 0.25) is 0 Å². The van der Waals surface area contributed by atoms with Crippen LogP contribution in [0, 0.1) is 0 Å². The van der Waals surface area contributed by atoms with E-state index in [9.17, 15) is 27.6 Å². The van der Waals surface area contributed by atoms with Gasteiger partial charge in [-0.25, -0.2) is 0 Å². The van der Waals surface area contributed by atoms with Gasteiger partial charge in [0.25, 0.3) is 11.1 Å². The molecule has 1 aliphatic heterocycles. The van der Waals surface area contributed by atoms with Gasteiger partial charge in [-0.05, 0) is 35.5 Å². The molecule has 1 heterocycles. The SMILES string of the molecule is O=C(CCN1C(=O)S/C(=C\c2ccccc2)C1=O)Nc1ccccc1C(F)(F)F. The van der Waals surface area contributed by atoms with Crippen molar-refractivity contribution in [2.45, 2.75) is 12.6 Å². The molecule has 2 aromatic carbocycles. The van der Waals surface area contributed by atoms with Gasteiger partial charge < -0.3 is 5.32 Å². The third-order valence-corrected chi connectivity index (χ3v) is 4.95. The zero-order valence-electron chi connectivity index (χ0n) is 14.9. The first kappa shape index (κ1) is 20.7. The lowest BCUT2D eigenvalue weighted by atomic mass is 10.1. The van der Waals surface area contributed by atoms with E-state index >= 15 is 0 Å². The molecule has 0 aromatic heterocycles. The number of rotatable bonds is 5. The number of benzene rings is 2. The Kier molecular flexibility index (Phi) is 6.07. The van der Waals surface area contributed by atoms with Crippen LogP contribution in [0.25, 0.3) is 6.08 Å². The van der Waals surface area contributed by atoms with E-state index in [1.807, 2.05) is 6.07 Å². The van der Waals surface area contributed by atoms with Gasteiger partial charge in [-0.3, -0.25) is 19.3 Å². The molecule has 150 valence electrons. The largest absolute Gasteiger partial charge is 0.418 e. The Morgan fingerprint density at radius 3 is 2.38 bits per heavy atom. The van der Waals surface area contributed by atoms with Crippen LogP contribution in [0.15, 0.2) is 59.5 Å². The van der Waals surface area contributed by atoms with E-state index in [1.54, 1.807) is 30.3 Å². The van der Waals surface area contributed by atoms with Gasteiger partial charge in [-0.2, -0.15) is 13.2 Å². The molecule has 0 unspecified atom stereocenters. The fourth-order valence-corrected chi connectivity index (χ4v) is 3.52. The predicted molar refractivity (Wildman–Crippen MR) is 104 cm³/mol. The van der Waals surface area contributed by atoms with E-state index in [2.05, 4.69) is 5.32 Å². The van der Waals surface area contributed by atoms with E-state index in [1.165, 1.54) is 12.1 Å². The third-order valence-electron chi connectivity index (χ3n) is 4.04. The highest BCUT2D eigenvalue weighted by Crippen LogP contribution is 2.35. The summed E-state index contributed by atoms with van der Waals surface area (Å²) in [6, 6.07) is 13.5. The van der Waals surface area contributed by atoms with Gasteiger partial charge in [-0.1, -0.05) is 42.5 Å². The Labute approximate surface area is 168 Å². The number of thioether (sulfide) groups is 1. The van der Waals surface area contributed by atoms with Crippen molar-refractivity contribution in [1.82, 2.24) is 4.90 Å². The number of alkyl halides is 3. The van der Waals surface area contributed by atoms with Crippen molar-refractivity contribution in [3.8, 4) is 0 Å². The molecular weight excluding hydrogens is 405 g/mol.